The quantitative estimate of drug-likeness (QED) is 0.922. The first-order chi connectivity index (χ1) is 9.37. The molecule has 1 aromatic rings. The van der Waals surface area contributed by atoms with Gasteiger partial charge in [-0.15, -0.1) is 0 Å². The van der Waals surface area contributed by atoms with Crippen LogP contribution >= 0.6 is 23.2 Å². The van der Waals surface area contributed by atoms with E-state index >= 15 is 0 Å². The zero-order valence-electron chi connectivity index (χ0n) is 11.1. The first-order valence-electron chi connectivity index (χ1n) is 6.45. The van der Waals surface area contributed by atoms with Crippen LogP contribution in [0.1, 0.15) is 25.3 Å². The highest BCUT2D eigenvalue weighted by Gasteiger charge is 2.30. The van der Waals surface area contributed by atoms with Gasteiger partial charge >= 0.3 is 0 Å². The third-order valence-corrected chi connectivity index (χ3v) is 6.51. The van der Waals surface area contributed by atoms with Gasteiger partial charge in [-0.25, -0.2) is 8.42 Å². The highest BCUT2D eigenvalue weighted by molar-refractivity contribution is 7.89. The molecule has 1 saturated heterocycles. The van der Waals surface area contributed by atoms with Crippen LogP contribution in [0.15, 0.2) is 17.0 Å². The Hall–Kier alpha value is -0.330. The Balaban J connectivity index is 2.40. The van der Waals surface area contributed by atoms with E-state index < -0.39 is 16.6 Å². The molecule has 0 aliphatic carbocycles. The molecule has 0 radical (unpaired) electrons. The average Bonchev–Trinajstić information content (AvgIpc) is 2.39. The molecular formula is C13H17Cl2NO3S. The molecule has 0 amide bonds. The van der Waals surface area contributed by atoms with Crippen molar-refractivity contribution in [2.24, 2.45) is 5.92 Å². The number of rotatable bonds is 3. The van der Waals surface area contributed by atoms with Gasteiger partial charge in [-0.05, 0) is 30.9 Å². The summed E-state index contributed by atoms with van der Waals surface area (Å²) in [5, 5.41) is 9.54. The minimum absolute atomic E-state index is 0.0126. The summed E-state index contributed by atoms with van der Waals surface area (Å²) in [7, 11) is -3.63. The number of benzene rings is 1. The number of aliphatic hydroxyl groups is 1. The van der Waals surface area contributed by atoms with E-state index in [0.29, 0.717) is 19.0 Å². The Kier molecular flexibility index (Phi) is 4.97. The summed E-state index contributed by atoms with van der Waals surface area (Å²) in [4.78, 5) is 0.0159. The van der Waals surface area contributed by atoms with Crippen LogP contribution in [0.4, 0.5) is 0 Å². The lowest BCUT2D eigenvalue weighted by Crippen LogP contribution is -2.38. The molecule has 1 heterocycles. The molecule has 0 unspecified atom stereocenters. The molecule has 1 aromatic carbocycles. The van der Waals surface area contributed by atoms with Crippen LogP contribution in [0, 0.1) is 5.92 Å². The van der Waals surface area contributed by atoms with E-state index in [-0.39, 0.29) is 20.5 Å². The first-order valence-corrected chi connectivity index (χ1v) is 8.65. The summed E-state index contributed by atoms with van der Waals surface area (Å²) in [5.41, 5.74) is 0.250. The van der Waals surface area contributed by atoms with E-state index in [2.05, 4.69) is 6.92 Å². The third-order valence-electron chi connectivity index (χ3n) is 3.67. The maximum atomic E-state index is 12.6. The van der Waals surface area contributed by atoms with E-state index in [1.54, 1.807) is 0 Å². The van der Waals surface area contributed by atoms with Gasteiger partial charge in [-0.1, -0.05) is 30.1 Å². The number of aliphatic hydroxyl groups excluding tert-OH is 1. The van der Waals surface area contributed by atoms with E-state index in [4.69, 9.17) is 23.2 Å². The van der Waals surface area contributed by atoms with Gasteiger partial charge in [0.05, 0.1) is 11.6 Å². The van der Waals surface area contributed by atoms with Gasteiger partial charge in [0, 0.05) is 23.7 Å². The average molecular weight is 338 g/mol. The summed E-state index contributed by atoms with van der Waals surface area (Å²) in [6.07, 6.45) is 1.69. The lowest BCUT2D eigenvalue weighted by atomic mass is 10.0. The largest absolute Gasteiger partial charge is 0.392 e. The fraction of sp³-hybridized carbons (Fsp3) is 0.538. The first kappa shape index (κ1) is 16.0. The molecule has 20 heavy (non-hydrogen) atoms. The van der Waals surface area contributed by atoms with Gasteiger partial charge in [-0.3, -0.25) is 0 Å². The Morgan fingerprint density at radius 3 is 2.45 bits per heavy atom. The van der Waals surface area contributed by atoms with Crippen molar-refractivity contribution in [2.45, 2.75) is 31.3 Å². The van der Waals surface area contributed by atoms with Crippen molar-refractivity contribution >= 4 is 33.2 Å². The monoisotopic (exact) mass is 337 g/mol. The van der Waals surface area contributed by atoms with Crippen molar-refractivity contribution in [3.63, 3.8) is 0 Å². The van der Waals surface area contributed by atoms with Gasteiger partial charge in [0.25, 0.3) is 0 Å². The molecular weight excluding hydrogens is 321 g/mol. The Morgan fingerprint density at radius 2 is 1.90 bits per heavy atom. The summed E-state index contributed by atoms with van der Waals surface area (Å²) >= 11 is 12.0. The molecule has 0 bridgehead atoms. The highest BCUT2D eigenvalue weighted by Crippen LogP contribution is 2.33. The van der Waals surface area contributed by atoms with Crippen LogP contribution in [-0.2, 0) is 16.6 Å². The molecule has 1 N–H and O–H groups in total. The number of halogens is 2. The smallest absolute Gasteiger partial charge is 0.244 e. The standard InChI is InChI=1S/C13H17Cl2NO3S/c1-9-4-6-16(7-5-9)20(18,19)12-3-2-11(14)10(8-17)13(12)15/h2-3,9,17H,4-8H2,1H3. The van der Waals surface area contributed by atoms with E-state index in [0.717, 1.165) is 12.8 Å². The zero-order valence-corrected chi connectivity index (χ0v) is 13.5. The Morgan fingerprint density at radius 1 is 1.30 bits per heavy atom. The van der Waals surface area contributed by atoms with Crippen LogP contribution < -0.4 is 0 Å². The molecule has 1 fully saturated rings. The fourth-order valence-corrected chi connectivity index (χ4v) is 4.63. The molecule has 1 aliphatic heterocycles. The molecule has 1 aliphatic rings. The second-order valence-corrected chi connectivity index (χ2v) is 7.77. The predicted molar refractivity (Wildman–Crippen MR) is 79.5 cm³/mol. The molecule has 4 nitrogen and oxygen atoms in total. The SMILES string of the molecule is CC1CCN(S(=O)(=O)c2ccc(Cl)c(CO)c2Cl)CC1. The van der Waals surface area contributed by atoms with Crippen LogP contribution in [-0.4, -0.2) is 30.9 Å². The van der Waals surface area contributed by atoms with Crippen molar-refractivity contribution in [1.82, 2.24) is 4.31 Å². The van der Waals surface area contributed by atoms with Crippen molar-refractivity contribution in [3.8, 4) is 0 Å². The normalized spacial score (nSPS) is 18.4. The summed E-state index contributed by atoms with van der Waals surface area (Å²) in [5.74, 6) is 0.537. The van der Waals surface area contributed by atoms with Crippen LogP contribution in [0.2, 0.25) is 10.0 Å². The van der Waals surface area contributed by atoms with Gasteiger partial charge in [0.15, 0.2) is 0 Å². The molecule has 7 heteroatoms. The van der Waals surface area contributed by atoms with E-state index in [1.165, 1.54) is 16.4 Å². The maximum Gasteiger partial charge on any atom is 0.244 e. The summed E-state index contributed by atoms with van der Waals surface area (Å²) < 4.78 is 26.7. The zero-order chi connectivity index (χ0) is 14.9. The van der Waals surface area contributed by atoms with Gasteiger partial charge in [0.2, 0.25) is 10.0 Å². The summed E-state index contributed by atoms with van der Waals surface area (Å²) in [6, 6.07) is 2.86. The molecule has 0 saturated carbocycles. The number of hydrogen-bond acceptors (Lipinski definition) is 3. The molecule has 0 atom stereocenters. The fourth-order valence-electron chi connectivity index (χ4n) is 2.28. The number of sulfonamides is 1. The number of nitrogens with zero attached hydrogens (tertiary/aromatic N) is 1. The van der Waals surface area contributed by atoms with Crippen LogP contribution in [0.5, 0.6) is 0 Å². The van der Waals surface area contributed by atoms with Crippen molar-refractivity contribution in [3.05, 3.63) is 27.7 Å². The molecule has 0 spiro atoms. The third kappa shape index (κ3) is 2.97. The van der Waals surface area contributed by atoms with Crippen molar-refractivity contribution in [1.29, 1.82) is 0 Å². The predicted octanol–water partition coefficient (Wildman–Crippen LogP) is 2.91. The minimum Gasteiger partial charge on any atom is -0.392 e. The Bertz CT molecular complexity index is 596. The Labute approximate surface area is 129 Å². The van der Waals surface area contributed by atoms with Crippen molar-refractivity contribution in [2.75, 3.05) is 13.1 Å². The highest BCUT2D eigenvalue weighted by atomic mass is 35.5. The number of hydrogen-bond donors (Lipinski definition) is 1. The van der Waals surface area contributed by atoms with Gasteiger partial charge < -0.3 is 5.11 Å². The van der Waals surface area contributed by atoms with Gasteiger partial charge in [0.1, 0.15) is 4.90 Å². The van der Waals surface area contributed by atoms with E-state index in [9.17, 15) is 13.5 Å². The van der Waals surface area contributed by atoms with Gasteiger partial charge in [-0.2, -0.15) is 4.31 Å². The van der Waals surface area contributed by atoms with Crippen LogP contribution in [0.3, 0.4) is 0 Å². The maximum absolute atomic E-state index is 12.6. The molecule has 2 rings (SSSR count). The lowest BCUT2D eigenvalue weighted by molar-refractivity contribution is 0.281. The van der Waals surface area contributed by atoms with E-state index in [1.807, 2.05) is 0 Å². The second kappa shape index (κ2) is 6.20. The topological polar surface area (TPSA) is 57.6 Å². The van der Waals surface area contributed by atoms with Crippen LogP contribution in [0.25, 0.3) is 0 Å². The summed E-state index contributed by atoms with van der Waals surface area (Å²) in [6.45, 7) is 2.72. The molecule has 0 aromatic heterocycles. The minimum atomic E-state index is -3.63. The van der Waals surface area contributed by atoms with Crippen molar-refractivity contribution < 1.29 is 13.5 Å². The second-order valence-electron chi connectivity index (χ2n) is 5.08. The lowest BCUT2D eigenvalue weighted by Gasteiger charge is -2.29. The molecule has 112 valence electrons. The number of piperidine rings is 1.